The highest BCUT2D eigenvalue weighted by molar-refractivity contribution is 5.33. The summed E-state index contributed by atoms with van der Waals surface area (Å²) in [6.07, 6.45) is 0. The average molecular weight is 160 g/mol. The van der Waals surface area contributed by atoms with Gasteiger partial charge in [-0.2, -0.15) is 0 Å². The summed E-state index contributed by atoms with van der Waals surface area (Å²) in [7, 11) is 0. The van der Waals surface area contributed by atoms with E-state index in [1.165, 1.54) is 0 Å². The van der Waals surface area contributed by atoms with Crippen LogP contribution in [0.4, 0.5) is 11.8 Å². The molecule has 7 N–H and O–H groups in total. The number of hydrogen-bond donors (Lipinski definition) is 3. The summed E-state index contributed by atoms with van der Waals surface area (Å²) in [5.41, 5.74) is 10.1. The van der Waals surface area contributed by atoms with Gasteiger partial charge in [-0.1, -0.05) is 4.98 Å². The maximum atomic E-state index is 10.5. The number of nitrogen functional groups attached to an aromatic ring is 2. The van der Waals surface area contributed by atoms with Gasteiger partial charge in [-0.05, 0) is 0 Å². The third-order valence-corrected chi connectivity index (χ3v) is 0.937. The molecule has 62 valence electrons. The van der Waals surface area contributed by atoms with Gasteiger partial charge < -0.3 is 21.5 Å². The Kier molecular flexibility index (Phi) is 2.42. The monoisotopic (exact) mass is 160 g/mol. The van der Waals surface area contributed by atoms with E-state index in [0.29, 0.717) is 0 Å². The molecule has 0 amide bonds. The molecule has 0 aliphatic carbocycles. The minimum Gasteiger partial charge on any atom is -0.738 e. The van der Waals surface area contributed by atoms with Gasteiger partial charge in [-0.25, -0.2) is 4.73 Å². The topological polar surface area (TPSA) is 144 Å². The van der Waals surface area contributed by atoms with Crippen LogP contribution in [0.5, 0.6) is 5.88 Å². The largest absolute Gasteiger partial charge is 0.738 e. The molecule has 1 rings (SSSR count). The van der Waals surface area contributed by atoms with Gasteiger partial charge in [0, 0.05) is 0 Å². The molecule has 0 aliphatic rings. The molecule has 7 nitrogen and oxygen atoms in total. The molecule has 0 bridgehead atoms. The smallest absolute Gasteiger partial charge is 0.394 e. The molecule has 0 aliphatic heterocycles. The second kappa shape index (κ2) is 2.88. The van der Waals surface area contributed by atoms with Gasteiger partial charge in [0.2, 0.25) is 5.82 Å². The lowest BCUT2D eigenvalue weighted by Crippen LogP contribution is -2.32. The maximum Gasteiger partial charge on any atom is 0.394 e. The quantitative estimate of drug-likeness (QED) is 0.290. The summed E-state index contributed by atoms with van der Waals surface area (Å²) in [4.78, 5) is 3.38. The van der Waals surface area contributed by atoms with Crippen molar-refractivity contribution < 1.29 is 15.3 Å². The lowest BCUT2D eigenvalue weighted by molar-refractivity contribution is -0.600. The van der Waals surface area contributed by atoms with Crippen LogP contribution in [0.3, 0.4) is 0 Å². The SMILES string of the molecule is Nc1cc(O)[n+]([O-])c(N)n1.O. The van der Waals surface area contributed by atoms with Crippen LogP contribution in [0, 0.1) is 5.21 Å². The fourth-order valence-corrected chi connectivity index (χ4v) is 0.518. The van der Waals surface area contributed by atoms with Crippen LogP contribution in [-0.4, -0.2) is 15.6 Å². The van der Waals surface area contributed by atoms with Crippen molar-refractivity contribution in [2.45, 2.75) is 0 Å². The molecular weight excluding hydrogens is 152 g/mol. The van der Waals surface area contributed by atoms with Crippen molar-refractivity contribution in [2.75, 3.05) is 11.5 Å². The van der Waals surface area contributed by atoms with E-state index in [2.05, 4.69) is 4.98 Å². The zero-order valence-corrected chi connectivity index (χ0v) is 5.48. The Labute approximate surface area is 61.8 Å². The van der Waals surface area contributed by atoms with Gasteiger partial charge in [0.15, 0.2) is 0 Å². The first-order chi connectivity index (χ1) is 4.61. The summed E-state index contributed by atoms with van der Waals surface area (Å²) in [6, 6.07) is 1.02. The predicted octanol–water partition coefficient (Wildman–Crippen LogP) is -2.24. The third kappa shape index (κ3) is 1.58. The average Bonchev–Trinajstić information content (AvgIpc) is 1.82. The Morgan fingerprint density at radius 3 is 2.55 bits per heavy atom. The number of rotatable bonds is 0. The van der Waals surface area contributed by atoms with Crippen molar-refractivity contribution in [1.29, 1.82) is 0 Å². The van der Waals surface area contributed by atoms with Gasteiger partial charge in [-0.3, -0.25) is 5.73 Å². The van der Waals surface area contributed by atoms with Crippen LogP contribution >= 0.6 is 0 Å². The lowest BCUT2D eigenvalue weighted by atomic mass is 10.6. The van der Waals surface area contributed by atoms with E-state index in [1.807, 2.05) is 0 Å². The van der Waals surface area contributed by atoms with Gasteiger partial charge in [0.1, 0.15) is 0 Å². The van der Waals surface area contributed by atoms with Crippen LogP contribution in [-0.2, 0) is 0 Å². The van der Waals surface area contributed by atoms with Crippen LogP contribution in [0.1, 0.15) is 0 Å². The van der Waals surface area contributed by atoms with Crippen LogP contribution in [0.25, 0.3) is 0 Å². The highest BCUT2D eigenvalue weighted by Crippen LogP contribution is 2.05. The van der Waals surface area contributed by atoms with Crippen LogP contribution in [0.15, 0.2) is 6.07 Å². The molecule has 1 aromatic rings. The van der Waals surface area contributed by atoms with E-state index in [-0.39, 0.29) is 22.0 Å². The maximum absolute atomic E-state index is 10.5. The van der Waals surface area contributed by atoms with Crippen molar-refractivity contribution in [3.8, 4) is 5.88 Å². The summed E-state index contributed by atoms with van der Waals surface area (Å²) in [5, 5.41) is 19.3. The van der Waals surface area contributed by atoms with E-state index in [1.54, 1.807) is 0 Å². The molecule has 0 saturated heterocycles. The third-order valence-electron chi connectivity index (χ3n) is 0.937. The Hall–Kier alpha value is -1.76. The molecule has 0 fully saturated rings. The standard InChI is InChI=1S/C4H6N4O2.H2O/c5-2-1-3(9)8(10)4(6)7-2;/h1,9H,(H4,5,6,7);1H2. The minimum atomic E-state index is -0.551. The number of anilines is 2. The Balaban J connectivity index is 0.000001000. The van der Waals surface area contributed by atoms with Crippen molar-refractivity contribution in [3.63, 3.8) is 0 Å². The van der Waals surface area contributed by atoms with E-state index in [9.17, 15) is 5.21 Å². The van der Waals surface area contributed by atoms with E-state index >= 15 is 0 Å². The minimum absolute atomic E-state index is 0. The molecule has 11 heavy (non-hydrogen) atoms. The summed E-state index contributed by atoms with van der Waals surface area (Å²) in [5.74, 6) is -0.899. The van der Waals surface area contributed by atoms with Gasteiger partial charge >= 0.3 is 5.95 Å². The number of aromatic hydroxyl groups is 1. The van der Waals surface area contributed by atoms with Gasteiger partial charge in [-0.15, -0.1) is 0 Å². The number of nitrogens with zero attached hydrogens (tertiary/aromatic N) is 2. The summed E-state index contributed by atoms with van der Waals surface area (Å²) in [6.45, 7) is 0. The highest BCUT2D eigenvalue weighted by Gasteiger charge is 2.05. The second-order valence-electron chi connectivity index (χ2n) is 1.69. The summed E-state index contributed by atoms with van der Waals surface area (Å²) < 4.78 is 0.0797. The molecule has 0 spiro atoms. The van der Waals surface area contributed by atoms with Crippen molar-refractivity contribution in [1.82, 2.24) is 4.98 Å². The Morgan fingerprint density at radius 2 is 2.09 bits per heavy atom. The predicted molar refractivity (Wildman–Crippen MR) is 37.3 cm³/mol. The van der Waals surface area contributed by atoms with Crippen molar-refractivity contribution in [3.05, 3.63) is 11.3 Å². The first-order valence-electron chi connectivity index (χ1n) is 2.46. The van der Waals surface area contributed by atoms with Crippen LogP contribution < -0.4 is 16.2 Å². The van der Waals surface area contributed by atoms with E-state index < -0.39 is 5.88 Å². The molecular formula is C4H8N4O3. The van der Waals surface area contributed by atoms with Crippen molar-refractivity contribution in [2.24, 2.45) is 0 Å². The van der Waals surface area contributed by atoms with Gasteiger partial charge in [0.25, 0.3) is 5.88 Å². The van der Waals surface area contributed by atoms with Crippen LogP contribution in [0.2, 0.25) is 0 Å². The molecule has 0 radical (unpaired) electrons. The van der Waals surface area contributed by atoms with Gasteiger partial charge in [0.05, 0.1) is 6.07 Å². The first-order valence-corrected chi connectivity index (χ1v) is 2.46. The Bertz CT molecular complexity index is 241. The molecule has 7 heteroatoms. The molecule has 1 aromatic heterocycles. The highest BCUT2D eigenvalue weighted by atomic mass is 16.5. The first kappa shape index (κ1) is 9.24. The fraction of sp³-hybridized carbons (Fsp3) is 0. The summed E-state index contributed by atoms with van der Waals surface area (Å²) >= 11 is 0. The number of nitrogens with two attached hydrogens (primary N) is 2. The van der Waals surface area contributed by atoms with Crippen molar-refractivity contribution >= 4 is 11.8 Å². The second-order valence-corrected chi connectivity index (χ2v) is 1.69. The number of hydrogen-bond acceptors (Lipinski definition) is 5. The normalized spacial score (nSPS) is 8.73. The zero-order chi connectivity index (χ0) is 7.72. The molecule has 0 atom stereocenters. The van der Waals surface area contributed by atoms with E-state index in [4.69, 9.17) is 16.6 Å². The Morgan fingerprint density at radius 1 is 1.55 bits per heavy atom. The number of aromatic nitrogens is 2. The molecule has 0 unspecified atom stereocenters. The fourth-order valence-electron chi connectivity index (χ4n) is 0.518. The zero-order valence-electron chi connectivity index (χ0n) is 5.48. The lowest BCUT2D eigenvalue weighted by Gasteiger charge is -2.05. The molecule has 0 aromatic carbocycles. The molecule has 1 heterocycles. The molecule has 0 saturated carbocycles. The van der Waals surface area contributed by atoms with E-state index in [0.717, 1.165) is 6.07 Å².